The lowest BCUT2D eigenvalue weighted by molar-refractivity contribution is 0.506. The van der Waals surface area contributed by atoms with E-state index in [1.165, 1.54) is 0 Å². The average Bonchev–Trinajstić information content (AvgIpc) is 1.82. The van der Waals surface area contributed by atoms with E-state index in [0.717, 1.165) is 6.42 Å². The first-order valence-electron chi connectivity index (χ1n) is 3.02. The fraction of sp³-hybridized carbons (Fsp3) is 1.00. The second kappa shape index (κ2) is 1.54. The minimum absolute atomic E-state index is 0.124. The van der Waals surface area contributed by atoms with Crippen LogP contribution in [-0.2, 0) is 0 Å². The van der Waals surface area contributed by atoms with E-state index in [0.29, 0.717) is 6.04 Å². The van der Waals surface area contributed by atoms with Gasteiger partial charge in [-0.25, -0.2) is 0 Å². The van der Waals surface area contributed by atoms with Gasteiger partial charge in [-0.15, -0.1) is 0 Å². The Bertz CT molecular complexity index is 116. The highest BCUT2D eigenvalue weighted by Crippen LogP contribution is 2.25. The van der Waals surface area contributed by atoms with E-state index in [1.54, 1.807) is 0 Å². The van der Waals surface area contributed by atoms with E-state index < -0.39 is 0 Å². The molecule has 1 rings (SSSR count). The van der Waals surface area contributed by atoms with Gasteiger partial charge in [-0.05, 0) is 27.2 Å². The minimum atomic E-state index is 0.124. The summed E-state index contributed by atoms with van der Waals surface area (Å²) in [6.07, 6.45) is 1.10. The van der Waals surface area contributed by atoms with Crippen LogP contribution in [0.4, 0.5) is 0 Å². The van der Waals surface area contributed by atoms with E-state index >= 15 is 0 Å². The maximum atomic E-state index is 4.07. The van der Waals surface area contributed by atoms with E-state index in [-0.39, 0.29) is 5.54 Å². The quantitative estimate of drug-likeness (QED) is 0.458. The Labute approximate surface area is 50.0 Å². The van der Waals surface area contributed by atoms with Crippen molar-refractivity contribution in [2.45, 2.75) is 38.8 Å². The number of hydrogen-bond donors (Lipinski definition) is 0. The van der Waals surface area contributed by atoms with Crippen molar-refractivity contribution in [3.63, 3.8) is 0 Å². The van der Waals surface area contributed by atoms with Crippen molar-refractivity contribution in [2.24, 2.45) is 10.2 Å². The SMILES string of the molecule is CC1CC(C)(C)N=N1. The molecule has 0 aromatic heterocycles. The lowest BCUT2D eigenvalue weighted by Crippen LogP contribution is -2.14. The fourth-order valence-electron chi connectivity index (χ4n) is 1.06. The third-order valence-corrected chi connectivity index (χ3v) is 1.32. The maximum absolute atomic E-state index is 4.07. The van der Waals surface area contributed by atoms with Gasteiger partial charge in [-0.3, -0.25) is 0 Å². The van der Waals surface area contributed by atoms with Gasteiger partial charge < -0.3 is 0 Å². The normalized spacial score (nSPS) is 33.6. The molecule has 0 saturated heterocycles. The number of rotatable bonds is 0. The van der Waals surface area contributed by atoms with Crippen molar-refractivity contribution in [3.05, 3.63) is 0 Å². The molecule has 0 aromatic rings. The van der Waals surface area contributed by atoms with Crippen LogP contribution < -0.4 is 0 Å². The predicted molar refractivity (Wildman–Crippen MR) is 33.0 cm³/mol. The van der Waals surface area contributed by atoms with Gasteiger partial charge in [0.2, 0.25) is 0 Å². The van der Waals surface area contributed by atoms with E-state index in [9.17, 15) is 0 Å². The van der Waals surface area contributed by atoms with Crippen LogP contribution in [0.2, 0.25) is 0 Å². The zero-order valence-electron chi connectivity index (χ0n) is 5.68. The van der Waals surface area contributed by atoms with Gasteiger partial charge >= 0.3 is 0 Å². The highest BCUT2D eigenvalue weighted by Gasteiger charge is 2.25. The predicted octanol–water partition coefficient (Wildman–Crippen LogP) is 2.01. The molecular weight excluding hydrogens is 100 g/mol. The number of azo groups is 1. The van der Waals surface area contributed by atoms with Crippen molar-refractivity contribution in [2.75, 3.05) is 0 Å². The lowest BCUT2D eigenvalue weighted by Gasteiger charge is -2.09. The Morgan fingerprint density at radius 1 is 1.50 bits per heavy atom. The van der Waals surface area contributed by atoms with Crippen LogP contribution in [0.15, 0.2) is 10.2 Å². The highest BCUT2D eigenvalue weighted by atomic mass is 15.2. The molecule has 2 heteroatoms. The summed E-state index contributed by atoms with van der Waals surface area (Å²) >= 11 is 0. The van der Waals surface area contributed by atoms with Crippen molar-refractivity contribution in [3.8, 4) is 0 Å². The fourth-order valence-corrected chi connectivity index (χ4v) is 1.06. The van der Waals surface area contributed by atoms with Gasteiger partial charge in [0.05, 0.1) is 11.6 Å². The van der Waals surface area contributed by atoms with Crippen molar-refractivity contribution in [1.29, 1.82) is 0 Å². The number of hydrogen-bond acceptors (Lipinski definition) is 2. The second-order valence-corrected chi connectivity index (χ2v) is 3.08. The lowest BCUT2D eigenvalue weighted by atomic mass is 10.00. The van der Waals surface area contributed by atoms with Crippen LogP contribution >= 0.6 is 0 Å². The molecule has 0 N–H and O–H groups in total. The average molecular weight is 112 g/mol. The Morgan fingerprint density at radius 2 is 2.12 bits per heavy atom. The van der Waals surface area contributed by atoms with Gasteiger partial charge in [0.15, 0.2) is 0 Å². The first-order valence-corrected chi connectivity index (χ1v) is 3.02. The third-order valence-electron chi connectivity index (χ3n) is 1.32. The Kier molecular flexibility index (Phi) is 1.10. The molecule has 2 nitrogen and oxygen atoms in total. The smallest absolute Gasteiger partial charge is 0.0781 e. The van der Waals surface area contributed by atoms with Crippen LogP contribution in [0.5, 0.6) is 0 Å². The van der Waals surface area contributed by atoms with Crippen LogP contribution in [0.3, 0.4) is 0 Å². The molecule has 0 aliphatic carbocycles. The first kappa shape index (κ1) is 5.73. The van der Waals surface area contributed by atoms with E-state index in [4.69, 9.17) is 0 Å². The zero-order valence-corrected chi connectivity index (χ0v) is 5.68. The summed E-state index contributed by atoms with van der Waals surface area (Å²) < 4.78 is 0. The molecule has 0 amide bonds. The highest BCUT2D eigenvalue weighted by molar-refractivity contribution is 4.85. The maximum Gasteiger partial charge on any atom is 0.0781 e. The molecule has 8 heavy (non-hydrogen) atoms. The molecule has 1 aliphatic heterocycles. The molecule has 0 fully saturated rings. The molecule has 0 bridgehead atoms. The van der Waals surface area contributed by atoms with E-state index in [1.807, 2.05) is 0 Å². The first-order chi connectivity index (χ1) is 3.60. The molecule has 0 saturated carbocycles. The minimum Gasteiger partial charge on any atom is -0.190 e. The molecule has 46 valence electrons. The molecule has 0 radical (unpaired) electrons. The Hall–Kier alpha value is -0.400. The molecule has 1 atom stereocenters. The largest absolute Gasteiger partial charge is 0.190 e. The Balaban J connectivity index is 2.58. The molecule has 1 unspecified atom stereocenters. The van der Waals surface area contributed by atoms with Crippen LogP contribution in [-0.4, -0.2) is 11.6 Å². The van der Waals surface area contributed by atoms with Crippen LogP contribution in [0.25, 0.3) is 0 Å². The molecular formula is C6H12N2. The Morgan fingerprint density at radius 3 is 2.25 bits per heavy atom. The molecule has 0 aromatic carbocycles. The van der Waals surface area contributed by atoms with Crippen molar-refractivity contribution in [1.82, 2.24) is 0 Å². The summed E-state index contributed by atoms with van der Waals surface area (Å²) in [5.41, 5.74) is 0.124. The summed E-state index contributed by atoms with van der Waals surface area (Å²) in [4.78, 5) is 0. The molecule has 1 aliphatic rings. The van der Waals surface area contributed by atoms with Gasteiger partial charge in [0.1, 0.15) is 0 Å². The van der Waals surface area contributed by atoms with Crippen molar-refractivity contribution >= 4 is 0 Å². The molecule has 1 heterocycles. The van der Waals surface area contributed by atoms with Crippen LogP contribution in [0.1, 0.15) is 27.2 Å². The van der Waals surface area contributed by atoms with Gasteiger partial charge in [0, 0.05) is 0 Å². The summed E-state index contributed by atoms with van der Waals surface area (Å²) in [7, 11) is 0. The van der Waals surface area contributed by atoms with E-state index in [2.05, 4.69) is 31.0 Å². The van der Waals surface area contributed by atoms with Gasteiger partial charge in [-0.2, -0.15) is 10.2 Å². The van der Waals surface area contributed by atoms with Gasteiger partial charge in [0.25, 0.3) is 0 Å². The molecule has 0 spiro atoms. The zero-order chi connectivity index (χ0) is 6.20. The summed E-state index contributed by atoms with van der Waals surface area (Å²) in [5.74, 6) is 0. The summed E-state index contributed by atoms with van der Waals surface area (Å²) in [6, 6.07) is 0.449. The topological polar surface area (TPSA) is 24.7 Å². The third kappa shape index (κ3) is 1.05. The van der Waals surface area contributed by atoms with Crippen molar-refractivity contribution < 1.29 is 0 Å². The van der Waals surface area contributed by atoms with Gasteiger partial charge in [-0.1, -0.05) is 0 Å². The standard InChI is InChI=1S/C6H12N2/c1-5-4-6(2,3)8-7-5/h5H,4H2,1-3H3. The summed E-state index contributed by atoms with van der Waals surface area (Å²) in [6.45, 7) is 6.32. The number of nitrogens with zero attached hydrogens (tertiary/aromatic N) is 2. The summed E-state index contributed by atoms with van der Waals surface area (Å²) in [5, 5.41) is 8.09. The van der Waals surface area contributed by atoms with Crippen LogP contribution in [0, 0.1) is 0 Å². The monoisotopic (exact) mass is 112 g/mol. The second-order valence-electron chi connectivity index (χ2n) is 3.08.